The number of amides is 1. The number of likely N-dealkylation sites (N-methyl/N-ethyl adjacent to an activating group) is 1. The van der Waals surface area contributed by atoms with Crippen LogP contribution in [0, 0.1) is 0 Å². The Kier molecular flexibility index (Phi) is 8.37. The van der Waals surface area contributed by atoms with E-state index in [-0.39, 0.29) is 18.3 Å². The lowest BCUT2D eigenvalue weighted by atomic mass is 10.1. The Bertz CT molecular complexity index is 473. The van der Waals surface area contributed by atoms with Crippen molar-refractivity contribution in [2.24, 2.45) is 5.73 Å². The molecule has 1 heterocycles. The van der Waals surface area contributed by atoms with E-state index in [1.165, 1.54) is 0 Å². The van der Waals surface area contributed by atoms with Crippen molar-refractivity contribution in [3.8, 4) is 5.75 Å². The second kappa shape index (κ2) is 9.75. The molecule has 0 unspecified atom stereocenters. The third kappa shape index (κ3) is 6.37. The predicted octanol–water partition coefficient (Wildman–Crippen LogP) is 1.89. The first-order chi connectivity index (χ1) is 10.6. The fraction of sp³-hybridized carbons (Fsp3) is 0.588. The maximum atomic E-state index is 12.3. The molecule has 6 heteroatoms. The maximum absolute atomic E-state index is 12.3. The molecule has 23 heavy (non-hydrogen) atoms. The smallest absolute Gasteiger partial charge is 0.236 e. The summed E-state index contributed by atoms with van der Waals surface area (Å²) in [7, 11) is 1.86. The van der Waals surface area contributed by atoms with Gasteiger partial charge in [-0.3, -0.25) is 9.69 Å². The van der Waals surface area contributed by atoms with E-state index in [9.17, 15) is 4.79 Å². The van der Waals surface area contributed by atoms with E-state index in [0.29, 0.717) is 25.7 Å². The van der Waals surface area contributed by atoms with Gasteiger partial charge in [0.15, 0.2) is 0 Å². The Morgan fingerprint density at radius 1 is 1.30 bits per heavy atom. The molecule has 0 aliphatic carbocycles. The Morgan fingerprint density at radius 3 is 2.48 bits per heavy atom. The molecule has 0 aromatic heterocycles. The third-order valence-corrected chi connectivity index (χ3v) is 4.07. The highest BCUT2D eigenvalue weighted by molar-refractivity contribution is 5.85. The second-order valence-corrected chi connectivity index (χ2v) is 5.94. The van der Waals surface area contributed by atoms with Gasteiger partial charge in [-0.15, -0.1) is 12.4 Å². The molecule has 1 fully saturated rings. The van der Waals surface area contributed by atoms with Crippen LogP contribution in [0.15, 0.2) is 24.3 Å². The molecule has 0 spiro atoms. The number of rotatable bonds is 6. The van der Waals surface area contributed by atoms with Gasteiger partial charge in [0.05, 0.1) is 13.2 Å². The number of likely N-dealkylation sites (tertiary alicyclic amines) is 1. The van der Waals surface area contributed by atoms with Gasteiger partial charge in [0, 0.05) is 32.7 Å². The number of nitrogens with two attached hydrogens (primary N) is 1. The van der Waals surface area contributed by atoms with Crippen LogP contribution in [0.2, 0.25) is 0 Å². The highest BCUT2D eigenvalue weighted by Crippen LogP contribution is 2.14. The number of hydrogen-bond acceptors (Lipinski definition) is 4. The number of carbonyl (C=O) groups is 1. The molecule has 1 amide bonds. The van der Waals surface area contributed by atoms with Crippen molar-refractivity contribution in [3.05, 3.63) is 29.8 Å². The minimum Gasteiger partial charge on any atom is -0.494 e. The fourth-order valence-electron chi connectivity index (χ4n) is 2.64. The molecule has 130 valence electrons. The first-order valence-corrected chi connectivity index (χ1v) is 8.02. The number of hydrogen-bond donors (Lipinski definition) is 1. The topological polar surface area (TPSA) is 58.8 Å². The summed E-state index contributed by atoms with van der Waals surface area (Å²) >= 11 is 0. The average Bonchev–Trinajstić information content (AvgIpc) is 2.51. The van der Waals surface area contributed by atoms with Gasteiger partial charge >= 0.3 is 0 Å². The van der Waals surface area contributed by atoms with Gasteiger partial charge in [-0.2, -0.15) is 0 Å². The van der Waals surface area contributed by atoms with Crippen LogP contribution in [0.3, 0.4) is 0 Å². The van der Waals surface area contributed by atoms with E-state index in [2.05, 4.69) is 4.90 Å². The number of benzene rings is 1. The minimum absolute atomic E-state index is 0. The molecule has 1 aliphatic heterocycles. The molecular formula is C17H28ClN3O2. The normalized spacial score (nSPS) is 15.8. The third-order valence-electron chi connectivity index (χ3n) is 4.07. The molecule has 0 radical (unpaired) electrons. The minimum atomic E-state index is 0. The fourth-order valence-corrected chi connectivity index (χ4v) is 2.64. The van der Waals surface area contributed by atoms with Gasteiger partial charge < -0.3 is 15.4 Å². The van der Waals surface area contributed by atoms with Crippen molar-refractivity contribution in [3.63, 3.8) is 0 Å². The van der Waals surface area contributed by atoms with Crippen molar-refractivity contribution < 1.29 is 9.53 Å². The van der Waals surface area contributed by atoms with Crippen LogP contribution in [-0.4, -0.2) is 55.0 Å². The Labute approximate surface area is 145 Å². The molecule has 1 aromatic rings. The molecule has 1 saturated heterocycles. The van der Waals surface area contributed by atoms with Crippen molar-refractivity contribution in [2.45, 2.75) is 32.4 Å². The lowest BCUT2D eigenvalue weighted by molar-refractivity contribution is -0.131. The monoisotopic (exact) mass is 341 g/mol. The molecule has 0 atom stereocenters. The number of nitrogens with zero attached hydrogens (tertiary/aromatic N) is 2. The lowest BCUT2D eigenvalue weighted by Crippen LogP contribution is -2.44. The van der Waals surface area contributed by atoms with Crippen LogP contribution in [0.1, 0.15) is 25.3 Å². The van der Waals surface area contributed by atoms with Crippen LogP contribution in [-0.2, 0) is 11.3 Å². The standard InChI is InChI=1S/C17H27N3O2.ClH/c1-3-22-16-6-4-14(5-7-16)12-19(2)17(21)13-20-10-8-15(18)9-11-20;/h4-7,15H,3,8-13,18H2,1-2H3;1H. The second-order valence-electron chi connectivity index (χ2n) is 5.94. The van der Waals surface area contributed by atoms with Crippen LogP contribution in [0.25, 0.3) is 0 Å². The summed E-state index contributed by atoms with van der Waals surface area (Å²) in [4.78, 5) is 16.3. The lowest BCUT2D eigenvalue weighted by Gasteiger charge is -2.30. The van der Waals surface area contributed by atoms with Crippen molar-refractivity contribution in [1.29, 1.82) is 0 Å². The quantitative estimate of drug-likeness (QED) is 0.858. The van der Waals surface area contributed by atoms with Crippen molar-refractivity contribution >= 4 is 18.3 Å². The first kappa shape index (κ1) is 19.7. The van der Waals surface area contributed by atoms with Crippen LogP contribution in [0.5, 0.6) is 5.75 Å². The van der Waals surface area contributed by atoms with Gasteiger partial charge in [0.25, 0.3) is 0 Å². The van der Waals surface area contributed by atoms with E-state index in [0.717, 1.165) is 37.2 Å². The molecule has 2 N–H and O–H groups in total. The first-order valence-electron chi connectivity index (χ1n) is 8.02. The SMILES string of the molecule is CCOc1ccc(CN(C)C(=O)CN2CCC(N)CC2)cc1.Cl. The zero-order chi connectivity index (χ0) is 15.9. The Hall–Kier alpha value is -1.30. The number of piperidine rings is 1. The molecule has 5 nitrogen and oxygen atoms in total. The summed E-state index contributed by atoms with van der Waals surface area (Å²) < 4.78 is 5.43. The summed E-state index contributed by atoms with van der Waals surface area (Å²) in [6.07, 6.45) is 1.96. The van der Waals surface area contributed by atoms with E-state index in [4.69, 9.17) is 10.5 Å². The van der Waals surface area contributed by atoms with Crippen molar-refractivity contribution in [1.82, 2.24) is 9.80 Å². The predicted molar refractivity (Wildman–Crippen MR) is 95.0 cm³/mol. The van der Waals surface area contributed by atoms with Gasteiger partial charge in [0.1, 0.15) is 5.75 Å². The maximum Gasteiger partial charge on any atom is 0.236 e. The number of halogens is 1. The van der Waals surface area contributed by atoms with Gasteiger partial charge in [-0.25, -0.2) is 0 Å². The highest BCUT2D eigenvalue weighted by atomic mass is 35.5. The Balaban J connectivity index is 0.00000264. The molecule has 1 aliphatic rings. The van der Waals surface area contributed by atoms with Crippen LogP contribution >= 0.6 is 12.4 Å². The summed E-state index contributed by atoms with van der Waals surface area (Å²) in [6.45, 7) is 5.58. The molecule has 1 aromatic carbocycles. The average molecular weight is 342 g/mol. The van der Waals surface area contributed by atoms with E-state index >= 15 is 0 Å². The molecule has 0 bridgehead atoms. The summed E-state index contributed by atoms with van der Waals surface area (Å²) in [5, 5.41) is 0. The largest absolute Gasteiger partial charge is 0.494 e. The Morgan fingerprint density at radius 2 is 1.91 bits per heavy atom. The summed E-state index contributed by atoms with van der Waals surface area (Å²) in [5.74, 6) is 1.02. The van der Waals surface area contributed by atoms with Gasteiger partial charge in [-0.1, -0.05) is 12.1 Å². The highest BCUT2D eigenvalue weighted by Gasteiger charge is 2.19. The molecule has 2 rings (SSSR count). The van der Waals surface area contributed by atoms with Crippen molar-refractivity contribution in [2.75, 3.05) is 33.3 Å². The molecular weight excluding hydrogens is 314 g/mol. The summed E-state index contributed by atoms with van der Waals surface area (Å²) in [5.41, 5.74) is 7.00. The van der Waals surface area contributed by atoms with Crippen LogP contribution in [0.4, 0.5) is 0 Å². The van der Waals surface area contributed by atoms with Gasteiger partial charge in [-0.05, 0) is 37.5 Å². The van der Waals surface area contributed by atoms with Crippen LogP contribution < -0.4 is 10.5 Å². The zero-order valence-corrected chi connectivity index (χ0v) is 14.8. The van der Waals surface area contributed by atoms with Gasteiger partial charge in [0.2, 0.25) is 5.91 Å². The zero-order valence-electron chi connectivity index (χ0n) is 14.0. The van der Waals surface area contributed by atoms with E-state index in [1.54, 1.807) is 4.90 Å². The number of ether oxygens (including phenoxy) is 1. The van der Waals surface area contributed by atoms with E-state index < -0.39 is 0 Å². The molecule has 0 saturated carbocycles. The number of carbonyl (C=O) groups excluding carboxylic acids is 1. The summed E-state index contributed by atoms with van der Waals surface area (Å²) in [6, 6.07) is 8.21. The van der Waals surface area contributed by atoms with E-state index in [1.807, 2.05) is 38.2 Å².